The van der Waals surface area contributed by atoms with Crippen LogP contribution < -0.4 is 25.6 Å². The van der Waals surface area contributed by atoms with E-state index in [1.165, 1.54) is 11.3 Å². The summed E-state index contributed by atoms with van der Waals surface area (Å²) in [7, 11) is 3.89. The fourth-order valence-electron chi connectivity index (χ4n) is 3.66. The second kappa shape index (κ2) is 10.9. The molecular weight excluding hydrogens is 472 g/mol. The third-order valence-electron chi connectivity index (χ3n) is 5.56. The van der Waals surface area contributed by atoms with Crippen molar-refractivity contribution >= 4 is 51.8 Å². The summed E-state index contributed by atoms with van der Waals surface area (Å²) in [5.74, 6) is -0.0980. The number of benzene rings is 2. The zero-order valence-corrected chi connectivity index (χ0v) is 20.6. The van der Waals surface area contributed by atoms with Gasteiger partial charge in [0.2, 0.25) is 0 Å². The van der Waals surface area contributed by atoms with Gasteiger partial charge in [0.25, 0.3) is 11.8 Å². The highest BCUT2D eigenvalue weighted by Crippen LogP contribution is 2.30. The summed E-state index contributed by atoms with van der Waals surface area (Å²) in [4.78, 5) is 28.1. The number of carbonyl (C=O) groups is 2. The average Bonchev–Trinajstić information content (AvgIpc) is 3.29. The minimum absolute atomic E-state index is 0.0482. The van der Waals surface area contributed by atoms with Crippen molar-refractivity contribution < 1.29 is 14.3 Å². The average molecular weight is 499 g/mol. The number of thiophene rings is 1. The molecule has 1 aliphatic heterocycles. The highest BCUT2D eigenvalue weighted by Gasteiger charge is 2.22. The molecule has 2 aromatic carbocycles. The first-order valence-electron chi connectivity index (χ1n) is 11.0. The molecule has 9 heteroatoms. The summed E-state index contributed by atoms with van der Waals surface area (Å²) in [6.45, 7) is 1.78. The smallest absolute Gasteiger partial charge is 0.259 e. The predicted molar refractivity (Wildman–Crippen MR) is 139 cm³/mol. The molecule has 0 saturated carbocycles. The van der Waals surface area contributed by atoms with Crippen LogP contribution in [0.1, 0.15) is 33.6 Å². The van der Waals surface area contributed by atoms with Crippen LogP contribution in [-0.2, 0) is 0 Å². The first-order valence-corrected chi connectivity index (χ1v) is 12.4. The largest absolute Gasteiger partial charge is 0.489 e. The minimum atomic E-state index is -0.326. The molecule has 0 bridgehead atoms. The molecule has 0 spiro atoms. The molecule has 0 radical (unpaired) electrons. The van der Waals surface area contributed by atoms with E-state index in [9.17, 15) is 9.59 Å². The lowest BCUT2D eigenvalue weighted by atomic mass is 10.1. The number of piperidine rings is 1. The Morgan fingerprint density at radius 2 is 1.71 bits per heavy atom. The second-order valence-corrected chi connectivity index (χ2v) is 9.44. The van der Waals surface area contributed by atoms with Crippen molar-refractivity contribution in [2.24, 2.45) is 0 Å². The molecule has 1 fully saturated rings. The lowest BCUT2D eigenvalue weighted by Gasteiger charge is -2.26. The van der Waals surface area contributed by atoms with E-state index < -0.39 is 0 Å². The van der Waals surface area contributed by atoms with Crippen LogP contribution in [0.3, 0.4) is 0 Å². The fraction of sp³-hybridized carbons (Fsp3) is 0.280. The first kappa shape index (κ1) is 24.1. The molecule has 0 atom stereocenters. The number of anilines is 3. The van der Waals surface area contributed by atoms with Crippen LogP contribution in [0.2, 0.25) is 5.02 Å². The Morgan fingerprint density at radius 3 is 2.41 bits per heavy atom. The number of ether oxygens (including phenoxy) is 1. The molecule has 0 aliphatic carbocycles. The molecule has 3 N–H and O–H groups in total. The maximum absolute atomic E-state index is 13.3. The first-order chi connectivity index (χ1) is 16.4. The Labute approximate surface area is 208 Å². The zero-order valence-electron chi connectivity index (χ0n) is 19.1. The van der Waals surface area contributed by atoms with Gasteiger partial charge in [-0.1, -0.05) is 11.6 Å². The van der Waals surface area contributed by atoms with Gasteiger partial charge in [0.05, 0.1) is 16.8 Å². The lowest BCUT2D eigenvalue weighted by molar-refractivity contribution is 0.101. The summed E-state index contributed by atoms with van der Waals surface area (Å²) >= 11 is 7.26. The number of nitrogens with one attached hydrogen (secondary N) is 3. The van der Waals surface area contributed by atoms with E-state index >= 15 is 0 Å². The van der Waals surface area contributed by atoms with Gasteiger partial charge in [-0.3, -0.25) is 9.59 Å². The number of nitrogens with zero attached hydrogens (tertiary/aromatic N) is 1. The van der Waals surface area contributed by atoms with E-state index in [-0.39, 0.29) is 17.9 Å². The topological polar surface area (TPSA) is 82.7 Å². The molecular formula is C25H27ClN4O3S. The molecule has 178 valence electrons. The van der Waals surface area contributed by atoms with Crippen LogP contribution in [0.15, 0.2) is 53.2 Å². The van der Waals surface area contributed by atoms with Gasteiger partial charge in [-0.15, -0.1) is 11.3 Å². The monoisotopic (exact) mass is 498 g/mol. The van der Waals surface area contributed by atoms with Crippen LogP contribution in [-0.4, -0.2) is 45.1 Å². The molecule has 0 unspecified atom stereocenters. The molecule has 34 heavy (non-hydrogen) atoms. The Kier molecular flexibility index (Phi) is 7.72. The molecule has 2 heterocycles. The normalized spacial score (nSPS) is 13.9. The van der Waals surface area contributed by atoms with E-state index in [2.05, 4.69) is 16.0 Å². The van der Waals surface area contributed by atoms with Crippen molar-refractivity contribution in [3.8, 4) is 5.75 Å². The van der Waals surface area contributed by atoms with Gasteiger partial charge in [-0.05, 0) is 62.3 Å². The van der Waals surface area contributed by atoms with Gasteiger partial charge in [-0.25, -0.2) is 0 Å². The number of hydrogen-bond donors (Lipinski definition) is 3. The van der Waals surface area contributed by atoms with Gasteiger partial charge in [-0.2, -0.15) is 0 Å². The van der Waals surface area contributed by atoms with Crippen molar-refractivity contribution in [3.05, 3.63) is 69.4 Å². The van der Waals surface area contributed by atoms with E-state index in [4.69, 9.17) is 16.3 Å². The molecule has 4 rings (SSSR count). The van der Waals surface area contributed by atoms with Gasteiger partial charge in [0, 0.05) is 47.3 Å². The molecule has 1 aromatic heterocycles. The molecule has 2 amide bonds. The number of rotatable bonds is 7. The van der Waals surface area contributed by atoms with Crippen LogP contribution in [0.5, 0.6) is 5.75 Å². The lowest BCUT2D eigenvalue weighted by Crippen LogP contribution is -2.34. The van der Waals surface area contributed by atoms with Crippen molar-refractivity contribution in [1.29, 1.82) is 0 Å². The Hall–Kier alpha value is -3.07. The van der Waals surface area contributed by atoms with Crippen molar-refractivity contribution in [1.82, 2.24) is 5.32 Å². The minimum Gasteiger partial charge on any atom is -0.489 e. The quantitative estimate of drug-likeness (QED) is 0.422. The van der Waals surface area contributed by atoms with E-state index in [0.717, 1.165) is 31.6 Å². The zero-order chi connectivity index (χ0) is 24.1. The van der Waals surface area contributed by atoms with Crippen LogP contribution in [0.4, 0.5) is 17.1 Å². The maximum Gasteiger partial charge on any atom is 0.259 e. The van der Waals surface area contributed by atoms with E-state index in [1.54, 1.807) is 41.1 Å². The number of halogens is 1. The number of carbonyl (C=O) groups excluding carboxylic acids is 2. The highest BCUT2D eigenvalue weighted by molar-refractivity contribution is 7.08. The molecule has 1 aliphatic rings. The number of amides is 2. The summed E-state index contributed by atoms with van der Waals surface area (Å²) in [5.41, 5.74) is 2.83. The third kappa shape index (κ3) is 5.88. The fourth-order valence-corrected chi connectivity index (χ4v) is 4.54. The standard InChI is InChI=1S/C25H27ClN4O3S/c1-30(2)18-7-8-20(23(13-18)33-19-9-11-27-12-10-19)24(31)29-22-15-34-14-21(22)25(32)28-17-5-3-16(26)4-6-17/h3-8,13-15,19,27H,9-12H2,1-2H3,(H,28,32)(H,29,31). The van der Waals surface area contributed by atoms with Gasteiger partial charge in [0.15, 0.2) is 0 Å². The predicted octanol–water partition coefficient (Wildman–Crippen LogP) is 5.10. The molecule has 7 nitrogen and oxygen atoms in total. The summed E-state index contributed by atoms with van der Waals surface area (Å²) in [5, 5.41) is 13.1. The van der Waals surface area contributed by atoms with Gasteiger partial charge >= 0.3 is 0 Å². The Morgan fingerprint density at radius 1 is 1.00 bits per heavy atom. The highest BCUT2D eigenvalue weighted by atomic mass is 35.5. The van der Waals surface area contributed by atoms with Crippen LogP contribution >= 0.6 is 22.9 Å². The third-order valence-corrected chi connectivity index (χ3v) is 6.56. The second-order valence-electron chi connectivity index (χ2n) is 8.26. The van der Waals surface area contributed by atoms with E-state index in [1.807, 2.05) is 31.1 Å². The van der Waals surface area contributed by atoms with Gasteiger partial charge in [0.1, 0.15) is 11.9 Å². The maximum atomic E-state index is 13.3. The summed E-state index contributed by atoms with van der Waals surface area (Å²) < 4.78 is 6.27. The SMILES string of the molecule is CN(C)c1ccc(C(=O)Nc2cscc2C(=O)Nc2ccc(Cl)cc2)c(OC2CCNCC2)c1. The van der Waals surface area contributed by atoms with Crippen molar-refractivity contribution in [2.75, 3.05) is 42.7 Å². The van der Waals surface area contributed by atoms with Crippen LogP contribution in [0.25, 0.3) is 0 Å². The summed E-state index contributed by atoms with van der Waals surface area (Å²) in [6.07, 6.45) is 1.81. The van der Waals surface area contributed by atoms with Gasteiger partial charge < -0.3 is 25.6 Å². The van der Waals surface area contributed by atoms with Crippen LogP contribution in [0, 0.1) is 0 Å². The van der Waals surface area contributed by atoms with Crippen molar-refractivity contribution in [3.63, 3.8) is 0 Å². The van der Waals surface area contributed by atoms with E-state index in [0.29, 0.717) is 33.3 Å². The van der Waals surface area contributed by atoms with Crippen molar-refractivity contribution in [2.45, 2.75) is 18.9 Å². The Bertz CT molecular complexity index is 1160. The molecule has 1 saturated heterocycles. The number of hydrogen-bond acceptors (Lipinski definition) is 6. The summed E-state index contributed by atoms with van der Waals surface area (Å²) in [6, 6.07) is 12.4. The molecule has 3 aromatic rings. The Balaban J connectivity index is 1.53.